The van der Waals surface area contributed by atoms with Crippen molar-refractivity contribution in [3.63, 3.8) is 0 Å². The monoisotopic (exact) mass is 336 g/mol. The minimum absolute atomic E-state index is 0.100. The molecule has 25 heavy (non-hydrogen) atoms. The number of anilines is 1. The average molecular weight is 336 g/mol. The molecule has 0 unspecified atom stereocenters. The zero-order valence-corrected chi connectivity index (χ0v) is 14.5. The minimum Gasteiger partial charge on any atom is -0.504 e. The van der Waals surface area contributed by atoms with Crippen molar-refractivity contribution in [2.45, 2.75) is 20.8 Å². The molecule has 128 valence electrons. The second-order valence-electron chi connectivity index (χ2n) is 5.52. The maximum atomic E-state index is 12.5. The Kier molecular flexibility index (Phi) is 5.80. The van der Waals surface area contributed by atoms with Crippen LogP contribution in [0.2, 0.25) is 0 Å². The number of para-hydroxylation sites is 2. The Morgan fingerprint density at radius 1 is 1.24 bits per heavy atom. The van der Waals surface area contributed by atoms with Crippen molar-refractivity contribution in [1.29, 1.82) is 5.26 Å². The topological polar surface area (TPSA) is 82.3 Å². The predicted molar refractivity (Wildman–Crippen MR) is 97.4 cm³/mol. The molecule has 0 aliphatic heterocycles. The molecular formula is C20H20N2O3. The number of rotatable bonds is 5. The fraction of sp³-hybridized carbons (Fsp3) is 0.200. The number of phenols is 1. The van der Waals surface area contributed by atoms with E-state index in [-0.39, 0.29) is 11.3 Å². The van der Waals surface area contributed by atoms with Gasteiger partial charge < -0.3 is 15.2 Å². The first kappa shape index (κ1) is 18.1. The van der Waals surface area contributed by atoms with Gasteiger partial charge in [-0.15, -0.1) is 0 Å². The first-order chi connectivity index (χ1) is 12.0. The number of nitriles is 1. The van der Waals surface area contributed by atoms with Gasteiger partial charge in [-0.05, 0) is 44.0 Å². The molecule has 0 spiro atoms. The van der Waals surface area contributed by atoms with Gasteiger partial charge in [0.25, 0.3) is 5.91 Å². The number of aryl methyl sites for hydroxylation is 2. The summed E-state index contributed by atoms with van der Waals surface area (Å²) in [4.78, 5) is 12.5. The molecule has 2 N–H and O–H groups in total. The van der Waals surface area contributed by atoms with Gasteiger partial charge in [0.15, 0.2) is 11.5 Å². The van der Waals surface area contributed by atoms with E-state index < -0.39 is 5.91 Å². The summed E-state index contributed by atoms with van der Waals surface area (Å²) in [5.74, 6) is -0.318. The van der Waals surface area contributed by atoms with Crippen LogP contribution < -0.4 is 10.1 Å². The summed E-state index contributed by atoms with van der Waals surface area (Å²) in [6.45, 7) is 5.98. The molecule has 0 bridgehead atoms. The van der Waals surface area contributed by atoms with Crippen molar-refractivity contribution in [3.8, 4) is 17.6 Å². The lowest BCUT2D eigenvalue weighted by molar-refractivity contribution is -0.112. The third-order valence-electron chi connectivity index (χ3n) is 3.71. The van der Waals surface area contributed by atoms with Crippen molar-refractivity contribution in [1.82, 2.24) is 0 Å². The van der Waals surface area contributed by atoms with Crippen molar-refractivity contribution in [3.05, 3.63) is 58.7 Å². The molecule has 0 saturated carbocycles. The lowest BCUT2D eigenvalue weighted by atomic mass is 10.1. The number of amides is 1. The van der Waals surface area contributed by atoms with Crippen LogP contribution in [0.15, 0.2) is 42.0 Å². The van der Waals surface area contributed by atoms with Crippen molar-refractivity contribution in [2.24, 2.45) is 0 Å². The van der Waals surface area contributed by atoms with Crippen LogP contribution >= 0.6 is 0 Å². The van der Waals surface area contributed by atoms with Crippen LogP contribution in [0.3, 0.4) is 0 Å². The van der Waals surface area contributed by atoms with Gasteiger partial charge >= 0.3 is 0 Å². The fourth-order valence-electron chi connectivity index (χ4n) is 2.42. The Bertz CT molecular complexity index is 843. The molecule has 2 rings (SSSR count). The Morgan fingerprint density at radius 2 is 1.88 bits per heavy atom. The second-order valence-corrected chi connectivity index (χ2v) is 5.52. The molecule has 5 heteroatoms. The molecule has 2 aromatic rings. The van der Waals surface area contributed by atoms with Gasteiger partial charge in [0, 0.05) is 11.3 Å². The van der Waals surface area contributed by atoms with Crippen LogP contribution in [0.1, 0.15) is 23.6 Å². The van der Waals surface area contributed by atoms with E-state index in [0.717, 1.165) is 11.1 Å². The zero-order valence-electron chi connectivity index (χ0n) is 14.5. The first-order valence-corrected chi connectivity index (χ1v) is 7.92. The van der Waals surface area contributed by atoms with Gasteiger partial charge in [-0.3, -0.25) is 4.79 Å². The number of nitrogens with zero attached hydrogens (tertiary/aromatic N) is 1. The van der Waals surface area contributed by atoms with Gasteiger partial charge in [0.1, 0.15) is 11.6 Å². The summed E-state index contributed by atoms with van der Waals surface area (Å²) in [6.07, 6.45) is 1.35. The summed E-state index contributed by atoms with van der Waals surface area (Å²) < 4.78 is 5.32. The summed E-state index contributed by atoms with van der Waals surface area (Å²) in [6, 6.07) is 12.5. The highest BCUT2D eigenvalue weighted by Gasteiger charge is 2.14. The Labute approximate surface area is 147 Å². The highest BCUT2D eigenvalue weighted by Crippen LogP contribution is 2.31. The molecular weight excluding hydrogens is 316 g/mol. The lowest BCUT2D eigenvalue weighted by Gasteiger charge is -2.11. The molecule has 0 saturated heterocycles. The van der Waals surface area contributed by atoms with E-state index in [4.69, 9.17) is 4.74 Å². The maximum Gasteiger partial charge on any atom is 0.266 e. The highest BCUT2D eigenvalue weighted by molar-refractivity contribution is 6.10. The van der Waals surface area contributed by atoms with Gasteiger partial charge in [-0.1, -0.05) is 30.3 Å². The quantitative estimate of drug-likeness (QED) is 0.640. The Hall–Kier alpha value is -3.26. The molecule has 0 aliphatic rings. The number of nitrogens with one attached hydrogen (secondary N) is 1. The summed E-state index contributed by atoms with van der Waals surface area (Å²) in [5.41, 5.74) is 2.74. The molecule has 0 heterocycles. The number of ether oxygens (including phenoxy) is 1. The second kappa shape index (κ2) is 8.02. The molecule has 1 amide bonds. The molecule has 0 atom stereocenters. The number of carbonyl (C=O) groups excluding carboxylic acids is 1. The number of benzene rings is 2. The third-order valence-corrected chi connectivity index (χ3v) is 3.71. The number of hydrogen-bond acceptors (Lipinski definition) is 4. The summed E-state index contributed by atoms with van der Waals surface area (Å²) >= 11 is 0. The smallest absolute Gasteiger partial charge is 0.266 e. The molecule has 0 radical (unpaired) electrons. The largest absolute Gasteiger partial charge is 0.504 e. The van der Waals surface area contributed by atoms with E-state index in [1.807, 2.05) is 38.1 Å². The molecule has 0 aromatic heterocycles. The van der Waals surface area contributed by atoms with E-state index in [9.17, 15) is 15.2 Å². The highest BCUT2D eigenvalue weighted by atomic mass is 16.5. The number of hydrogen-bond donors (Lipinski definition) is 2. The SMILES string of the molecule is CCOc1cccc(/C=C(\C#N)C(=O)Nc2c(C)cccc2C)c1O. The van der Waals surface area contributed by atoms with Crippen molar-refractivity contribution in [2.75, 3.05) is 11.9 Å². The average Bonchev–Trinajstić information content (AvgIpc) is 2.59. The molecule has 2 aromatic carbocycles. The molecule has 0 fully saturated rings. The number of carbonyl (C=O) groups is 1. The van der Waals surface area contributed by atoms with E-state index in [0.29, 0.717) is 23.6 Å². The Morgan fingerprint density at radius 3 is 2.48 bits per heavy atom. The van der Waals surface area contributed by atoms with Crippen molar-refractivity contribution >= 4 is 17.7 Å². The Balaban J connectivity index is 2.34. The molecule has 5 nitrogen and oxygen atoms in total. The lowest BCUT2D eigenvalue weighted by Crippen LogP contribution is -2.15. The van der Waals surface area contributed by atoms with Gasteiger partial charge in [0.05, 0.1) is 6.61 Å². The van der Waals surface area contributed by atoms with Gasteiger partial charge in [-0.2, -0.15) is 5.26 Å². The standard InChI is InChI=1S/C20H20N2O3/c1-4-25-17-10-6-9-15(19(17)23)11-16(12-21)20(24)22-18-13(2)7-5-8-14(18)3/h5-11,23H,4H2,1-3H3,(H,22,24)/b16-11+. The fourth-order valence-corrected chi connectivity index (χ4v) is 2.42. The van der Waals surface area contributed by atoms with Crippen LogP contribution in [0.5, 0.6) is 11.5 Å². The van der Waals surface area contributed by atoms with E-state index >= 15 is 0 Å². The minimum atomic E-state index is -0.527. The number of aromatic hydroxyl groups is 1. The van der Waals surface area contributed by atoms with Crippen LogP contribution in [0.4, 0.5) is 5.69 Å². The van der Waals surface area contributed by atoms with Crippen LogP contribution in [0.25, 0.3) is 6.08 Å². The van der Waals surface area contributed by atoms with E-state index in [1.54, 1.807) is 25.1 Å². The predicted octanol–water partition coefficient (Wildman–Crippen LogP) is 3.95. The van der Waals surface area contributed by atoms with Gasteiger partial charge in [0.2, 0.25) is 0 Å². The van der Waals surface area contributed by atoms with Crippen LogP contribution in [-0.2, 0) is 4.79 Å². The van der Waals surface area contributed by atoms with E-state index in [1.165, 1.54) is 6.08 Å². The number of phenolic OH excluding ortho intramolecular Hbond substituents is 1. The van der Waals surface area contributed by atoms with E-state index in [2.05, 4.69) is 5.32 Å². The maximum absolute atomic E-state index is 12.5. The molecule has 0 aliphatic carbocycles. The van der Waals surface area contributed by atoms with Gasteiger partial charge in [-0.25, -0.2) is 0 Å². The summed E-state index contributed by atoms with van der Waals surface area (Å²) in [7, 11) is 0. The summed E-state index contributed by atoms with van der Waals surface area (Å²) in [5, 5.41) is 22.3. The zero-order chi connectivity index (χ0) is 18.4. The van der Waals surface area contributed by atoms with Crippen molar-refractivity contribution < 1.29 is 14.6 Å². The first-order valence-electron chi connectivity index (χ1n) is 7.92. The van der Waals surface area contributed by atoms with Crippen LogP contribution in [-0.4, -0.2) is 17.6 Å². The normalized spacial score (nSPS) is 10.9. The van der Waals surface area contributed by atoms with Crippen LogP contribution in [0, 0.1) is 25.2 Å². The third kappa shape index (κ3) is 4.18.